The van der Waals surface area contributed by atoms with Crippen molar-refractivity contribution in [2.75, 3.05) is 24.3 Å². The lowest BCUT2D eigenvalue weighted by Gasteiger charge is -2.40. The topological polar surface area (TPSA) is 54.3 Å². The number of carbonyl (C=O) groups is 1. The Morgan fingerprint density at radius 3 is 2.53 bits per heavy atom. The van der Waals surface area contributed by atoms with Crippen LogP contribution < -0.4 is 15.1 Å². The van der Waals surface area contributed by atoms with Crippen molar-refractivity contribution >= 4 is 40.4 Å². The van der Waals surface area contributed by atoms with Gasteiger partial charge in [-0.05, 0) is 66.8 Å². The van der Waals surface area contributed by atoms with Gasteiger partial charge < -0.3 is 10.2 Å². The maximum Gasteiger partial charge on any atom is 0.308 e. The van der Waals surface area contributed by atoms with E-state index >= 15 is 0 Å². The molecule has 34 heavy (non-hydrogen) atoms. The molecule has 7 heteroatoms. The second-order valence-electron chi connectivity index (χ2n) is 9.99. The van der Waals surface area contributed by atoms with E-state index in [1.165, 1.54) is 41.9 Å². The van der Waals surface area contributed by atoms with E-state index in [0.717, 1.165) is 27.4 Å². The number of nitrogens with zero attached hydrogens (tertiary/aromatic N) is 2. The summed E-state index contributed by atoms with van der Waals surface area (Å²) in [4.78, 5) is 29.3. The predicted molar refractivity (Wildman–Crippen MR) is 140 cm³/mol. The molecule has 3 aliphatic rings. The molecule has 0 saturated heterocycles. The highest BCUT2D eigenvalue weighted by Crippen LogP contribution is 2.64. The van der Waals surface area contributed by atoms with Crippen LogP contribution in [0.4, 0.5) is 11.4 Å². The molecule has 1 aliphatic heterocycles. The van der Waals surface area contributed by atoms with Crippen LogP contribution in [0.1, 0.15) is 35.6 Å². The van der Waals surface area contributed by atoms with Gasteiger partial charge in [0.2, 0.25) is 5.91 Å². The Morgan fingerprint density at radius 1 is 1.06 bits per heavy atom. The molecular weight excluding hydrogens is 462 g/mol. The van der Waals surface area contributed by atoms with Crippen molar-refractivity contribution in [2.24, 2.45) is 17.8 Å². The zero-order valence-electron chi connectivity index (χ0n) is 19.4. The molecule has 2 heterocycles. The van der Waals surface area contributed by atoms with Gasteiger partial charge in [-0.1, -0.05) is 41.7 Å². The average Bonchev–Trinajstić information content (AvgIpc) is 3.53. The number of hydrogen-bond acceptors (Lipinski definition) is 5. The highest BCUT2D eigenvalue weighted by molar-refractivity contribution is 8.00. The molecule has 2 bridgehead atoms. The smallest absolute Gasteiger partial charge is 0.308 e. The van der Waals surface area contributed by atoms with Crippen LogP contribution >= 0.6 is 23.1 Å². The number of carbonyl (C=O) groups excluding carboxylic acids is 1. The number of aromatic nitrogens is 1. The van der Waals surface area contributed by atoms with Crippen molar-refractivity contribution < 1.29 is 4.79 Å². The van der Waals surface area contributed by atoms with Crippen LogP contribution in [0.2, 0.25) is 0 Å². The normalized spacial score (nSPS) is 26.7. The van der Waals surface area contributed by atoms with Gasteiger partial charge in [0, 0.05) is 41.5 Å². The van der Waals surface area contributed by atoms with Gasteiger partial charge in [-0.25, -0.2) is 0 Å². The number of nitrogens with one attached hydrogen (secondary N) is 1. The lowest BCUT2D eigenvalue weighted by atomic mass is 9.75. The second kappa shape index (κ2) is 8.61. The van der Waals surface area contributed by atoms with E-state index in [-0.39, 0.29) is 23.2 Å². The molecule has 1 amide bonds. The summed E-state index contributed by atoms with van der Waals surface area (Å²) >= 11 is 3.23. The monoisotopic (exact) mass is 491 g/mol. The summed E-state index contributed by atoms with van der Waals surface area (Å²) in [6.07, 6.45) is 3.91. The number of thioether (sulfide) groups is 1. The average molecular weight is 492 g/mol. The third kappa shape index (κ3) is 3.69. The molecule has 0 radical (unpaired) electrons. The van der Waals surface area contributed by atoms with E-state index in [2.05, 4.69) is 48.6 Å². The molecule has 3 aromatic rings. The van der Waals surface area contributed by atoms with Gasteiger partial charge in [0.25, 0.3) is 0 Å². The van der Waals surface area contributed by atoms with Crippen molar-refractivity contribution in [1.29, 1.82) is 0 Å². The van der Waals surface area contributed by atoms with E-state index in [0.29, 0.717) is 11.2 Å². The molecule has 0 spiro atoms. The summed E-state index contributed by atoms with van der Waals surface area (Å²) in [5.74, 6) is 2.12. The number of hydrogen-bond donors (Lipinski definition) is 1. The van der Waals surface area contributed by atoms with Gasteiger partial charge in [0.15, 0.2) is 0 Å². The lowest BCUT2D eigenvalue weighted by Crippen LogP contribution is -2.34. The van der Waals surface area contributed by atoms with Gasteiger partial charge in [-0.15, -0.1) is 11.8 Å². The molecule has 2 saturated carbocycles. The Kier molecular flexibility index (Phi) is 5.57. The Bertz CT molecular complexity index is 1270. The summed E-state index contributed by atoms with van der Waals surface area (Å²) in [7, 11) is 4.12. The maximum absolute atomic E-state index is 13.2. The Hall–Kier alpha value is -2.51. The molecular formula is C27H29N3O2S2. The molecule has 176 valence electrons. The molecule has 2 aromatic carbocycles. The SMILES string of the molecule is CN(C)c1ccc([C@@H]2c3sc(=O)n(CC(=O)Nc4ccccc4)c3S[C@@H]3[C@H]4CC[C@@H](C4)[C@@H]23)cc1. The van der Waals surface area contributed by atoms with Gasteiger partial charge in [0.1, 0.15) is 6.54 Å². The Morgan fingerprint density at radius 2 is 1.79 bits per heavy atom. The van der Waals surface area contributed by atoms with Gasteiger partial charge >= 0.3 is 4.87 Å². The number of thiazole rings is 1. The van der Waals surface area contributed by atoms with Crippen LogP contribution in [0.5, 0.6) is 0 Å². The molecule has 0 unspecified atom stereocenters. The van der Waals surface area contributed by atoms with Gasteiger partial charge in [-0.2, -0.15) is 0 Å². The largest absolute Gasteiger partial charge is 0.378 e. The first-order chi connectivity index (χ1) is 16.5. The summed E-state index contributed by atoms with van der Waals surface area (Å²) in [5.41, 5.74) is 3.24. The highest BCUT2D eigenvalue weighted by Gasteiger charge is 2.55. The summed E-state index contributed by atoms with van der Waals surface area (Å²) in [5, 5.41) is 4.49. The van der Waals surface area contributed by atoms with E-state index in [9.17, 15) is 9.59 Å². The van der Waals surface area contributed by atoms with Crippen molar-refractivity contribution in [3.8, 4) is 0 Å². The van der Waals surface area contributed by atoms with Crippen LogP contribution in [-0.2, 0) is 11.3 Å². The van der Waals surface area contributed by atoms with Crippen LogP contribution in [0.15, 0.2) is 64.4 Å². The van der Waals surface area contributed by atoms with Crippen molar-refractivity contribution in [2.45, 2.75) is 42.0 Å². The summed E-state index contributed by atoms with van der Waals surface area (Å²) in [6, 6.07) is 18.3. The molecule has 1 aromatic heterocycles. The van der Waals surface area contributed by atoms with E-state index in [1.54, 1.807) is 4.57 Å². The van der Waals surface area contributed by atoms with E-state index in [4.69, 9.17) is 0 Å². The zero-order valence-corrected chi connectivity index (χ0v) is 21.1. The number of para-hydroxylation sites is 1. The minimum absolute atomic E-state index is 0.0251. The quantitative estimate of drug-likeness (QED) is 0.529. The fourth-order valence-electron chi connectivity index (χ4n) is 6.31. The van der Waals surface area contributed by atoms with E-state index < -0.39 is 0 Å². The van der Waals surface area contributed by atoms with Gasteiger partial charge in [-0.3, -0.25) is 14.2 Å². The zero-order chi connectivity index (χ0) is 23.4. The number of rotatable bonds is 5. The number of anilines is 2. The highest BCUT2D eigenvalue weighted by atomic mass is 32.2. The van der Waals surface area contributed by atoms with Crippen LogP contribution in [-0.4, -0.2) is 29.8 Å². The minimum atomic E-state index is -0.156. The summed E-state index contributed by atoms with van der Waals surface area (Å²) < 4.78 is 1.73. The molecule has 6 rings (SSSR count). The number of benzene rings is 2. The molecule has 5 nitrogen and oxygen atoms in total. The standard InChI is InChI=1S/C27H29N3O2S2/c1-29(2)20-12-10-16(11-13-20)22-23-17-8-9-18(14-17)24(23)33-26-25(22)34-27(32)30(26)15-21(31)28-19-6-4-3-5-7-19/h3-7,10-13,17-18,22-24H,8-9,14-15H2,1-2H3,(H,28,31)/t17-,18-,22-,23-,24+/m0/s1. The fraction of sp³-hybridized carbons (Fsp3) is 0.407. The maximum atomic E-state index is 13.2. The van der Waals surface area contributed by atoms with Crippen LogP contribution in [0.3, 0.4) is 0 Å². The number of amides is 1. The van der Waals surface area contributed by atoms with Crippen molar-refractivity contribution in [3.63, 3.8) is 0 Å². The first kappa shape index (κ1) is 22.0. The van der Waals surface area contributed by atoms with Crippen LogP contribution in [0.25, 0.3) is 0 Å². The minimum Gasteiger partial charge on any atom is -0.378 e. The number of fused-ring (bicyclic) bond motifs is 6. The first-order valence-corrected chi connectivity index (χ1v) is 13.7. The predicted octanol–water partition coefficient (Wildman–Crippen LogP) is 5.27. The third-order valence-electron chi connectivity index (χ3n) is 7.82. The van der Waals surface area contributed by atoms with Crippen molar-refractivity contribution in [3.05, 3.63) is 74.7 Å². The first-order valence-electron chi connectivity index (χ1n) is 12.0. The Labute approximate surface area is 208 Å². The van der Waals surface area contributed by atoms with Crippen molar-refractivity contribution in [1.82, 2.24) is 4.57 Å². The molecule has 2 fully saturated rings. The van der Waals surface area contributed by atoms with E-state index in [1.807, 2.05) is 42.1 Å². The molecule has 5 atom stereocenters. The second-order valence-corrected chi connectivity index (χ2v) is 12.2. The molecule has 2 aliphatic carbocycles. The van der Waals surface area contributed by atoms with Crippen LogP contribution in [0, 0.1) is 17.8 Å². The van der Waals surface area contributed by atoms with Gasteiger partial charge in [0.05, 0.1) is 5.03 Å². The third-order valence-corrected chi connectivity index (χ3v) is 10.6. The fourth-order valence-corrected chi connectivity index (χ4v) is 9.46. The Balaban J connectivity index is 1.37. The molecule has 1 N–H and O–H groups in total. The lowest BCUT2D eigenvalue weighted by molar-refractivity contribution is -0.116. The summed E-state index contributed by atoms with van der Waals surface area (Å²) in [6.45, 7) is 0.0599.